The predicted molar refractivity (Wildman–Crippen MR) is 140 cm³/mol. The molecule has 0 saturated heterocycles. The normalized spacial score (nSPS) is 13.4. The Morgan fingerprint density at radius 2 is 1.59 bits per heavy atom. The van der Waals surface area contributed by atoms with E-state index in [0.29, 0.717) is 11.5 Å². The first-order valence-corrected chi connectivity index (χ1v) is 13.9. The van der Waals surface area contributed by atoms with E-state index < -0.39 is 26.9 Å². The highest BCUT2D eigenvalue weighted by atomic mass is 32.2. The zero-order chi connectivity index (χ0) is 28.3. The molecule has 0 aromatic carbocycles. The largest absolute Gasteiger partial charge is 0.479 e. The Bertz CT molecular complexity index is 1510. The van der Waals surface area contributed by atoms with E-state index in [1.165, 1.54) is 25.1 Å². The van der Waals surface area contributed by atoms with Crippen LogP contribution in [0.15, 0.2) is 35.3 Å². The molecule has 0 amide bonds. The molecule has 208 valence electrons. The van der Waals surface area contributed by atoms with E-state index in [1.807, 2.05) is 20.8 Å². The maximum Gasteiger partial charge on any atom is 0.245 e. The fraction of sp³-hybridized carbons (Fsp3) is 0.440. The summed E-state index contributed by atoms with van der Waals surface area (Å²) < 4.78 is 51.9. The van der Waals surface area contributed by atoms with Crippen LogP contribution in [0.4, 0.5) is 0 Å². The van der Waals surface area contributed by atoms with Crippen LogP contribution in [-0.4, -0.2) is 68.7 Å². The highest BCUT2D eigenvalue weighted by molar-refractivity contribution is 7.91. The summed E-state index contributed by atoms with van der Waals surface area (Å²) in [7, 11) is -1.07. The molecule has 13 nitrogen and oxygen atoms in total. The third kappa shape index (κ3) is 5.91. The molecule has 0 radical (unpaired) electrons. The fourth-order valence-corrected chi connectivity index (χ4v) is 5.29. The zero-order valence-electron chi connectivity index (χ0n) is 22.8. The topological polar surface area (TPSA) is 157 Å². The van der Waals surface area contributed by atoms with Crippen LogP contribution < -0.4 is 9.47 Å². The zero-order valence-corrected chi connectivity index (χ0v) is 23.6. The molecule has 4 aromatic heterocycles. The summed E-state index contributed by atoms with van der Waals surface area (Å²) in [6.45, 7) is 8.84. The molecule has 39 heavy (non-hydrogen) atoms. The number of sulfone groups is 1. The lowest BCUT2D eigenvalue weighted by Gasteiger charge is -2.25. The van der Waals surface area contributed by atoms with Crippen LogP contribution in [0.2, 0.25) is 0 Å². The minimum atomic E-state index is -3.93. The van der Waals surface area contributed by atoms with Gasteiger partial charge in [-0.1, -0.05) is 0 Å². The molecular weight excluding hydrogens is 526 g/mol. The summed E-state index contributed by atoms with van der Waals surface area (Å²) in [5.74, 6) is 1.33. The van der Waals surface area contributed by atoms with Crippen molar-refractivity contribution in [2.75, 3.05) is 14.2 Å². The Kier molecular flexibility index (Phi) is 8.25. The van der Waals surface area contributed by atoms with Crippen molar-refractivity contribution in [2.24, 2.45) is 0 Å². The molecule has 0 spiro atoms. The third-order valence-electron chi connectivity index (χ3n) is 5.85. The number of hydrogen-bond acceptors (Lipinski definition) is 12. The van der Waals surface area contributed by atoms with Crippen molar-refractivity contribution in [3.8, 4) is 29.0 Å². The second-order valence-electron chi connectivity index (χ2n) is 9.16. The van der Waals surface area contributed by atoms with Gasteiger partial charge in [-0.15, -0.1) is 10.2 Å². The molecule has 4 aromatic rings. The number of furan rings is 1. The van der Waals surface area contributed by atoms with Gasteiger partial charge >= 0.3 is 0 Å². The molecule has 2 atom stereocenters. The average molecular weight is 558 g/mol. The minimum Gasteiger partial charge on any atom is -0.479 e. The number of hydrogen-bond donors (Lipinski definition) is 0. The van der Waals surface area contributed by atoms with Crippen molar-refractivity contribution in [1.29, 1.82) is 0 Å². The van der Waals surface area contributed by atoms with Gasteiger partial charge in [-0.05, 0) is 52.3 Å². The third-order valence-corrected chi connectivity index (χ3v) is 7.89. The van der Waals surface area contributed by atoms with Crippen LogP contribution in [0.1, 0.15) is 49.8 Å². The minimum absolute atomic E-state index is 0.0745. The number of aryl methyl sites for hydroxylation is 2. The summed E-state index contributed by atoms with van der Waals surface area (Å²) in [5.41, 5.74) is 1.07. The molecule has 0 aliphatic heterocycles. The van der Waals surface area contributed by atoms with Crippen LogP contribution in [0.3, 0.4) is 0 Å². The first-order chi connectivity index (χ1) is 18.6. The van der Waals surface area contributed by atoms with E-state index in [-0.39, 0.29) is 41.0 Å². The average Bonchev–Trinajstić information content (AvgIpc) is 3.52. The van der Waals surface area contributed by atoms with Gasteiger partial charge in [0.2, 0.25) is 17.6 Å². The smallest absolute Gasteiger partial charge is 0.245 e. The molecule has 0 fully saturated rings. The highest BCUT2D eigenvalue weighted by Crippen LogP contribution is 2.35. The van der Waals surface area contributed by atoms with Crippen molar-refractivity contribution in [1.82, 2.24) is 34.7 Å². The van der Waals surface area contributed by atoms with E-state index >= 15 is 0 Å². The van der Waals surface area contributed by atoms with Gasteiger partial charge in [-0.3, -0.25) is 4.57 Å². The van der Waals surface area contributed by atoms with Crippen LogP contribution >= 0.6 is 0 Å². The Morgan fingerprint density at radius 3 is 2.13 bits per heavy atom. The summed E-state index contributed by atoms with van der Waals surface area (Å²) in [6.07, 6.45) is 3.34. The van der Waals surface area contributed by atoms with E-state index in [4.69, 9.17) is 18.6 Å². The molecule has 0 aliphatic rings. The van der Waals surface area contributed by atoms with Crippen molar-refractivity contribution in [2.45, 2.75) is 57.8 Å². The van der Waals surface area contributed by atoms with Gasteiger partial charge < -0.3 is 18.6 Å². The summed E-state index contributed by atoms with van der Waals surface area (Å²) in [5, 5.41) is 7.47. The quantitative estimate of drug-likeness (QED) is 0.266. The van der Waals surface area contributed by atoms with Gasteiger partial charge in [0.25, 0.3) is 0 Å². The lowest BCUT2D eigenvalue weighted by Crippen LogP contribution is -2.32. The summed E-state index contributed by atoms with van der Waals surface area (Å²) in [4.78, 5) is 17.0. The molecular formula is C25H31N7O6S. The molecule has 4 rings (SSSR count). The molecule has 0 unspecified atom stereocenters. The van der Waals surface area contributed by atoms with Crippen LogP contribution in [0.5, 0.6) is 11.8 Å². The van der Waals surface area contributed by atoms with Gasteiger partial charge in [0, 0.05) is 12.4 Å². The van der Waals surface area contributed by atoms with Gasteiger partial charge in [0.1, 0.15) is 23.9 Å². The van der Waals surface area contributed by atoms with Crippen molar-refractivity contribution in [3.05, 3.63) is 53.8 Å². The maximum atomic E-state index is 13.9. The predicted octanol–water partition coefficient (Wildman–Crippen LogP) is 3.21. The second-order valence-corrected chi connectivity index (χ2v) is 11.5. The number of methoxy groups -OCH3 is 2. The van der Waals surface area contributed by atoms with Gasteiger partial charge in [0.05, 0.1) is 25.6 Å². The van der Waals surface area contributed by atoms with Crippen LogP contribution in [-0.2, 0) is 20.3 Å². The Morgan fingerprint density at radius 1 is 0.949 bits per heavy atom. The number of rotatable bonds is 11. The van der Waals surface area contributed by atoms with Gasteiger partial charge in [-0.25, -0.2) is 18.4 Å². The summed E-state index contributed by atoms with van der Waals surface area (Å²) >= 11 is 0. The van der Waals surface area contributed by atoms with Gasteiger partial charge in [0.15, 0.2) is 32.9 Å². The van der Waals surface area contributed by atoms with E-state index in [2.05, 4.69) is 30.1 Å². The number of ether oxygens (including phenoxy) is 3. The highest BCUT2D eigenvalue weighted by Gasteiger charge is 2.36. The van der Waals surface area contributed by atoms with Gasteiger partial charge in [-0.2, -0.15) is 9.97 Å². The Hall–Kier alpha value is -3.91. The van der Waals surface area contributed by atoms with Crippen molar-refractivity contribution < 1.29 is 27.0 Å². The lowest BCUT2D eigenvalue weighted by molar-refractivity contribution is 0.00141. The monoisotopic (exact) mass is 557 g/mol. The first kappa shape index (κ1) is 28.1. The molecule has 0 bridgehead atoms. The van der Waals surface area contributed by atoms with Crippen molar-refractivity contribution >= 4 is 9.84 Å². The van der Waals surface area contributed by atoms with Crippen LogP contribution in [0, 0.1) is 13.8 Å². The number of aromatic nitrogens is 7. The van der Waals surface area contributed by atoms with Crippen LogP contribution in [0.25, 0.3) is 17.3 Å². The van der Waals surface area contributed by atoms with Crippen molar-refractivity contribution in [3.63, 3.8) is 0 Å². The SMILES string of the molecule is COc1ncnc(OC)c1-n1c(CS(=O)(=O)[C@@H](C)[C@@H](OC(C)C)c2ncc(C)cn2)nnc1-c1ccc(C)o1. The molecule has 14 heteroatoms. The number of nitrogens with zero attached hydrogens (tertiary/aromatic N) is 7. The Labute approximate surface area is 226 Å². The lowest BCUT2D eigenvalue weighted by atomic mass is 10.2. The summed E-state index contributed by atoms with van der Waals surface area (Å²) in [6, 6.07) is 3.47. The van der Waals surface area contributed by atoms with E-state index in [9.17, 15) is 8.42 Å². The molecule has 0 aliphatic carbocycles. The van der Waals surface area contributed by atoms with E-state index in [0.717, 1.165) is 5.56 Å². The molecule has 4 heterocycles. The Balaban J connectivity index is 1.83. The molecule has 0 N–H and O–H groups in total. The molecule has 0 saturated carbocycles. The fourth-order valence-electron chi connectivity index (χ4n) is 3.92. The maximum absolute atomic E-state index is 13.9. The second kappa shape index (κ2) is 11.5. The first-order valence-electron chi connectivity index (χ1n) is 12.2. The standard InChI is InChI=1S/C25H31N7O6S/c1-14(2)37-21(22-26-10-15(3)11-27-22)17(5)39(33,34)12-19-30-31-23(18-9-8-16(4)38-18)32(19)20-24(35-6)28-13-29-25(20)36-7/h8-11,13-14,17,21H,12H2,1-7H3/t17-,21+/m0/s1. The van der Waals surface area contributed by atoms with E-state index in [1.54, 1.807) is 38.4 Å².